The summed E-state index contributed by atoms with van der Waals surface area (Å²) in [6, 6.07) is 17.0. The normalized spacial score (nSPS) is 12.0. The number of nitrogens with one attached hydrogen (secondary N) is 1. The Morgan fingerprint density at radius 3 is 2.07 bits per heavy atom. The Balaban J connectivity index is 1.54. The van der Waals surface area contributed by atoms with Gasteiger partial charge in [-0.15, -0.1) is 0 Å². The van der Waals surface area contributed by atoms with Crippen molar-refractivity contribution in [2.75, 3.05) is 13.2 Å². The molecule has 0 radical (unpaired) electrons. The van der Waals surface area contributed by atoms with Crippen LogP contribution in [0.2, 0.25) is 0 Å². The Morgan fingerprint density at radius 1 is 0.867 bits per heavy atom. The van der Waals surface area contributed by atoms with Crippen LogP contribution >= 0.6 is 0 Å². The molecule has 0 unspecified atom stereocenters. The number of rotatable bonds is 11. The number of hydrogen-bond donors (Lipinski definition) is 1. The lowest BCUT2D eigenvalue weighted by molar-refractivity contribution is -0.0358. The second-order valence-electron chi connectivity index (χ2n) is 7.36. The van der Waals surface area contributed by atoms with Gasteiger partial charge in [-0.1, -0.05) is 68.8 Å². The minimum atomic E-state index is -0.0551. The smallest absolute Gasteiger partial charge is 0.159 e. The van der Waals surface area contributed by atoms with Crippen molar-refractivity contribution in [3.63, 3.8) is 0 Å². The van der Waals surface area contributed by atoms with Gasteiger partial charge in [-0.3, -0.25) is 4.84 Å². The summed E-state index contributed by atoms with van der Waals surface area (Å²) in [5.74, 6) is 1.32. The molecule has 0 saturated carbocycles. The minimum Gasteiger partial charge on any atom is -0.488 e. The molecule has 1 heterocycles. The van der Waals surface area contributed by atoms with E-state index < -0.39 is 0 Å². The van der Waals surface area contributed by atoms with Crippen molar-refractivity contribution in [1.29, 1.82) is 0 Å². The quantitative estimate of drug-likeness (QED) is 0.339. The summed E-state index contributed by atoms with van der Waals surface area (Å²) in [5.41, 5.74) is 7.68. The van der Waals surface area contributed by atoms with E-state index in [0.29, 0.717) is 18.2 Å². The van der Waals surface area contributed by atoms with E-state index in [2.05, 4.69) is 77.8 Å². The lowest BCUT2D eigenvalue weighted by atomic mass is 10.0. The highest BCUT2D eigenvalue weighted by molar-refractivity contribution is 5.67. The lowest BCUT2D eigenvalue weighted by Crippen LogP contribution is -2.27. The first-order valence-corrected chi connectivity index (χ1v) is 10.7. The summed E-state index contributed by atoms with van der Waals surface area (Å²) < 4.78 is 5.72. The molecule has 30 heavy (non-hydrogen) atoms. The van der Waals surface area contributed by atoms with Gasteiger partial charge in [0, 0.05) is 12.1 Å². The fraction of sp³-hybridized carbons (Fsp3) is 0.360. The summed E-state index contributed by atoms with van der Waals surface area (Å²) in [6.45, 7) is 7.57. The summed E-state index contributed by atoms with van der Waals surface area (Å²) >= 11 is 0. The molecule has 5 nitrogen and oxygen atoms in total. The third kappa shape index (κ3) is 6.37. The van der Waals surface area contributed by atoms with Crippen molar-refractivity contribution in [2.45, 2.75) is 46.1 Å². The van der Waals surface area contributed by atoms with Crippen molar-refractivity contribution in [2.24, 2.45) is 0 Å². The van der Waals surface area contributed by atoms with E-state index >= 15 is 0 Å². The first kappa shape index (κ1) is 21.9. The van der Waals surface area contributed by atoms with Gasteiger partial charge in [0.2, 0.25) is 0 Å². The molecule has 1 atom stereocenters. The predicted octanol–water partition coefficient (Wildman–Crippen LogP) is 5.46. The Bertz CT molecular complexity index is 878. The van der Waals surface area contributed by atoms with Gasteiger partial charge in [0.1, 0.15) is 12.7 Å². The van der Waals surface area contributed by atoms with Crippen LogP contribution in [0.5, 0.6) is 5.75 Å². The standard InChI is InChI=1S/C25H31N3O2/c1-4-6-15-28-30-19(3)18-29-24-16-26-25(27-17-24)23-13-11-22(12-14-23)21-9-7-20(5-2)8-10-21/h7-14,16-17,19,28H,4-6,15,18H2,1-3H3/t19-/m1/s1. The number of hydroxylamine groups is 1. The van der Waals surface area contributed by atoms with Crippen LogP contribution in [0.15, 0.2) is 60.9 Å². The number of ether oxygens (including phenoxy) is 1. The minimum absolute atomic E-state index is 0.0551. The van der Waals surface area contributed by atoms with Crippen LogP contribution in [-0.2, 0) is 11.3 Å². The molecule has 0 aliphatic heterocycles. The maximum absolute atomic E-state index is 5.72. The number of hydrogen-bond acceptors (Lipinski definition) is 5. The molecule has 0 amide bonds. The van der Waals surface area contributed by atoms with Crippen molar-refractivity contribution < 1.29 is 9.57 Å². The van der Waals surface area contributed by atoms with Gasteiger partial charge in [-0.2, -0.15) is 0 Å². The second-order valence-corrected chi connectivity index (χ2v) is 7.36. The summed E-state index contributed by atoms with van der Waals surface area (Å²) in [7, 11) is 0. The molecule has 0 saturated heterocycles. The van der Waals surface area contributed by atoms with Crippen molar-refractivity contribution >= 4 is 0 Å². The van der Waals surface area contributed by atoms with Gasteiger partial charge >= 0.3 is 0 Å². The van der Waals surface area contributed by atoms with Gasteiger partial charge in [0.25, 0.3) is 0 Å². The van der Waals surface area contributed by atoms with E-state index in [4.69, 9.17) is 9.57 Å². The highest BCUT2D eigenvalue weighted by atomic mass is 16.7. The zero-order valence-corrected chi connectivity index (χ0v) is 18.1. The zero-order valence-electron chi connectivity index (χ0n) is 18.1. The average Bonchev–Trinajstić information content (AvgIpc) is 2.81. The molecule has 0 fully saturated rings. The molecule has 5 heteroatoms. The zero-order chi connectivity index (χ0) is 21.2. The van der Waals surface area contributed by atoms with E-state index in [1.165, 1.54) is 16.7 Å². The molecular weight excluding hydrogens is 374 g/mol. The largest absolute Gasteiger partial charge is 0.488 e. The summed E-state index contributed by atoms with van der Waals surface area (Å²) in [5, 5.41) is 0. The maximum atomic E-state index is 5.72. The molecular formula is C25H31N3O2. The average molecular weight is 406 g/mol. The third-order valence-corrected chi connectivity index (χ3v) is 4.87. The van der Waals surface area contributed by atoms with Gasteiger partial charge in [-0.25, -0.2) is 15.4 Å². The number of aryl methyl sites for hydroxylation is 1. The fourth-order valence-electron chi connectivity index (χ4n) is 2.98. The molecule has 2 aromatic carbocycles. The van der Waals surface area contributed by atoms with Crippen molar-refractivity contribution in [3.05, 3.63) is 66.5 Å². The number of benzene rings is 2. The van der Waals surface area contributed by atoms with Crippen LogP contribution in [0.3, 0.4) is 0 Å². The first-order valence-electron chi connectivity index (χ1n) is 10.7. The first-order chi connectivity index (χ1) is 14.7. The van der Waals surface area contributed by atoms with E-state index in [0.717, 1.165) is 31.4 Å². The van der Waals surface area contributed by atoms with E-state index in [-0.39, 0.29) is 6.10 Å². The predicted molar refractivity (Wildman–Crippen MR) is 121 cm³/mol. The highest BCUT2D eigenvalue weighted by Gasteiger charge is 2.06. The summed E-state index contributed by atoms with van der Waals surface area (Å²) in [4.78, 5) is 14.4. The molecule has 3 aromatic rings. The highest BCUT2D eigenvalue weighted by Crippen LogP contribution is 2.24. The number of nitrogens with zero attached hydrogens (tertiary/aromatic N) is 2. The fourth-order valence-corrected chi connectivity index (χ4v) is 2.98. The SMILES string of the molecule is CCCCNO[C@H](C)COc1cnc(-c2ccc(-c3ccc(CC)cc3)cc2)nc1. The second kappa shape index (κ2) is 11.4. The van der Waals surface area contributed by atoms with Gasteiger partial charge in [0.15, 0.2) is 11.6 Å². The number of aromatic nitrogens is 2. The van der Waals surface area contributed by atoms with Crippen molar-refractivity contribution in [3.8, 4) is 28.3 Å². The molecule has 1 aromatic heterocycles. The Labute approximate surface area is 179 Å². The molecule has 1 N–H and O–H groups in total. The topological polar surface area (TPSA) is 56.3 Å². The Kier molecular flexibility index (Phi) is 8.36. The van der Waals surface area contributed by atoms with E-state index in [9.17, 15) is 0 Å². The van der Waals surface area contributed by atoms with Crippen LogP contribution in [0, 0.1) is 0 Å². The van der Waals surface area contributed by atoms with Crippen LogP contribution in [0.1, 0.15) is 39.2 Å². The van der Waals surface area contributed by atoms with Gasteiger partial charge in [0.05, 0.1) is 12.4 Å². The molecule has 0 aliphatic carbocycles. The Morgan fingerprint density at radius 2 is 1.47 bits per heavy atom. The van der Waals surface area contributed by atoms with Crippen LogP contribution in [0.4, 0.5) is 0 Å². The monoisotopic (exact) mass is 405 g/mol. The Hall–Kier alpha value is -2.76. The molecule has 0 spiro atoms. The molecule has 158 valence electrons. The van der Waals surface area contributed by atoms with Crippen LogP contribution < -0.4 is 10.2 Å². The third-order valence-electron chi connectivity index (χ3n) is 4.87. The van der Waals surface area contributed by atoms with Gasteiger partial charge < -0.3 is 4.74 Å². The van der Waals surface area contributed by atoms with Gasteiger partial charge in [-0.05, 0) is 36.5 Å². The molecule has 0 bridgehead atoms. The van der Waals surface area contributed by atoms with Crippen LogP contribution in [-0.4, -0.2) is 29.2 Å². The van der Waals surface area contributed by atoms with E-state index in [1.807, 2.05) is 6.92 Å². The summed E-state index contributed by atoms with van der Waals surface area (Å²) in [6.07, 6.45) is 6.64. The lowest BCUT2D eigenvalue weighted by Gasteiger charge is -2.14. The van der Waals surface area contributed by atoms with Crippen LogP contribution in [0.25, 0.3) is 22.5 Å². The number of unbranched alkanes of at least 4 members (excludes halogenated alkanes) is 1. The van der Waals surface area contributed by atoms with Crippen molar-refractivity contribution in [1.82, 2.24) is 15.4 Å². The maximum Gasteiger partial charge on any atom is 0.159 e. The van der Waals surface area contributed by atoms with E-state index in [1.54, 1.807) is 12.4 Å². The molecule has 3 rings (SSSR count). The molecule has 0 aliphatic rings.